The first-order valence-corrected chi connectivity index (χ1v) is 8.25. The number of sulfonamides is 1. The van der Waals surface area contributed by atoms with Crippen LogP contribution in [-0.4, -0.2) is 32.8 Å². The van der Waals surface area contributed by atoms with Crippen LogP contribution in [0.2, 0.25) is 0 Å². The standard InChI is InChI=1S/C14H22N2O3S/c1-3-4-11-16(2)14(17)10-7-12-5-8-13(9-6-12)20(15,18)19/h5-6,8-9H,3-4,7,10-11H2,1-2H3,(H2,15,18,19). The van der Waals surface area contributed by atoms with Gasteiger partial charge in [-0.25, -0.2) is 13.6 Å². The number of benzene rings is 1. The quantitative estimate of drug-likeness (QED) is 0.829. The Hall–Kier alpha value is -1.40. The van der Waals surface area contributed by atoms with Crippen molar-refractivity contribution in [3.8, 4) is 0 Å². The maximum atomic E-state index is 11.9. The van der Waals surface area contributed by atoms with Gasteiger partial charge < -0.3 is 4.90 Å². The Bertz CT molecular complexity index is 538. The van der Waals surface area contributed by atoms with Gasteiger partial charge in [0.15, 0.2) is 0 Å². The van der Waals surface area contributed by atoms with Crippen molar-refractivity contribution >= 4 is 15.9 Å². The summed E-state index contributed by atoms with van der Waals surface area (Å²) in [5.74, 6) is 0.106. The molecule has 0 aliphatic rings. The lowest BCUT2D eigenvalue weighted by molar-refractivity contribution is -0.129. The summed E-state index contributed by atoms with van der Waals surface area (Å²) in [6.45, 7) is 2.87. The molecule has 1 aromatic rings. The van der Waals surface area contributed by atoms with E-state index in [0.29, 0.717) is 12.8 Å². The lowest BCUT2D eigenvalue weighted by Gasteiger charge is -2.16. The van der Waals surface area contributed by atoms with Crippen molar-refractivity contribution in [3.05, 3.63) is 29.8 Å². The lowest BCUT2D eigenvalue weighted by Crippen LogP contribution is -2.27. The second kappa shape index (κ2) is 7.40. The van der Waals surface area contributed by atoms with Crippen molar-refractivity contribution in [2.45, 2.75) is 37.5 Å². The van der Waals surface area contributed by atoms with E-state index in [0.717, 1.165) is 24.9 Å². The number of unbranched alkanes of at least 4 members (excludes halogenated alkanes) is 1. The zero-order valence-corrected chi connectivity index (χ0v) is 12.8. The summed E-state index contributed by atoms with van der Waals surface area (Å²) >= 11 is 0. The van der Waals surface area contributed by atoms with Gasteiger partial charge in [-0.2, -0.15) is 0 Å². The molecule has 0 fully saturated rings. The molecule has 2 N–H and O–H groups in total. The van der Waals surface area contributed by atoms with E-state index in [9.17, 15) is 13.2 Å². The third-order valence-corrected chi connectivity index (χ3v) is 4.08. The van der Waals surface area contributed by atoms with Crippen LogP contribution >= 0.6 is 0 Å². The number of primary sulfonamides is 1. The minimum Gasteiger partial charge on any atom is -0.346 e. The molecule has 0 aromatic heterocycles. The Morgan fingerprint density at radius 2 is 1.85 bits per heavy atom. The van der Waals surface area contributed by atoms with Gasteiger partial charge in [-0.15, -0.1) is 0 Å². The van der Waals surface area contributed by atoms with Crippen LogP contribution in [-0.2, 0) is 21.2 Å². The molecule has 0 saturated carbocycles. The molecule has 0 spiro atoms. The third kappa shape index (κ3) is 5.30. The summed E-state index contributed by atoms with van der Waals surface area (Å²) in [6.07, 6.45) is 3.09. The second-order valence-electron chi connectivity index (χ2n) is 4.86. The summed E-state index contributed by atoms with van der Waals surface area (Å²) in [7, 11) is -1.84. The van der Waals surface area contributed by atoms with Crippen molar-refractivity contribution in [2.75, 3.05) is 13.6 Å². The van der Waals surface area contributed by atoms with Crippen LogP contribution < -0.4 is 5.14 Å². The van der Waals surface area contributed by atoms with E-state index in [2.05, 4.69) is 6.92 Å². The first-order valence-electron chi connectivity index (χ1n) is 6.70. The topological polar surface area (TPSA) is 80.5 Å². The van der Waals surface area contributed by atoms with Crippen LogP contribution in [0.5, 0.6) is 0 Å². The fourth-order valence-corrected chi connectivity index (χ4v) is 2.32. The van der Waals surface area contributed by atoms with E-state index in [1.54, 1.807) is 17.0 Å². The maximum absolute atomic E-state index is 11.9. The number of rotatable bonds is 7. The fourth-order valence-electron chi connectivity index (χ4n) is 1.81. The maximum Gasteiger partial charge on any atom is 0.238 e. The number of carbonyl (C=O) groups excluding carboxylic acids is 1. The molecule has 0 atom stereocenters. The molecule has 0 unspecified atom stereocenters. The Morgan fingerprint density at radius 1 is 1.25 bits per heavy atom. The monoisotopic (exact) mass is 298 g/mol. The molecule has 0 bridgehead atoms. The molecule has 0 aliphatic carbocycles. The molecule has 1 aromatic carbocycles. The first-order chi connectivity index (χ1) is 9.34. The molecular formula is C14H22N2O3S. The average Bonchev–Trinajstić information content (AvgIpc) is 2.41. The minimum absolute atomic E-state index is 0.0904. The number of nitrogens with two attached hydrogens (primary N) is 1. The van der Waals surface area contributed by atoms with Gasteiger partial charge >= 0.3 is 0 Å². The van der Waals surface area contributed by atoms with E-state index >= 15 is 0 Å². The van der Waals surface area contributed by atoms with Crippen LogP contribution in [0, 0.1) is 0 Å². The summed E-state index contributed by atoms with van der Waals surface area (Å²) in [6, 6.07) is 6.32. The molecule has 0 heterocycles. The SMILES string of the molecule is CCCCN(C)C(=O)CCc1ccc(S(N)(=O)=O)cc1. The number of carbonyl (C=O) groups is 1. The molecule has 1 amide bonds. The van der Waals surface area contributed by atoms with Gasteiger partial charge in [-0.05, 0) is 30.5 Å². The minimum atomic E-state index is -3.65. The predicted molar refractivity (Wildman–Crippen MR) is 78.7 cm³/mol. The molecule has 112 valence electrons. The third-order valence-electron chi connectivity index (χ3n) is 3.15. The van der Waals surface area contributed by atoms with Crippen molar-refractivity contribution in [3.63, 3.8) is 0 Å². The van der Waals surface area contributed by atoms with Crippen LogP contribution in [0.3, 0.4) is 0 Å². The molecule has 0 saturated heterocycles. The van der Waals surface area contributed by atoms with Gasteiger partial charge in [0.25, 0.3) is 0 Å². The van der Waals surface area contributed by atoms with Crippen molar-refractivity contribution in [1.29, 1.82) is 0 Å². The highest BCUT2D eigenvalue weighted by atomic mass is 32.2. The van der Waals surface area contributed by atoms with Crippen LogP contribution in [0.4, 0.5) is 0 Å². The largest absolute Gasteiger partial charge is 0.346 e. The van der Waals surface area contributed by atoms with Gasteiger partial charge in [0.1, 0.15) is 0 Å². The predicted octanol–water partition coefficient (Wildman–Crippen LogP) is 1.53. The zero-order chi connectivity index (χ0) is 15.2. The van der Waals surface area contributed by atoms with Crippen molar-refractivity contribution in [1.82, 2.24) is 4.90 Å². The number of amides is 1. The molecule has 20 heavy (non-hydrogen) atoms. The van der Waals surface area contributed by atoms with E-state index in [1.165, 1.54) is 12.1 Å². The summed E-state index contributed by atoms with van der Waals surface area (Å²) in [5.41, 5.74) is 0.926. The summed E-state index contributed by atoms with van der Waals surface area (Å²) in [4.78, 5) is 13.7. The average molecular weight is 298 g/mol. The number of aryl methyl sites for hydroxylation is 1. The highest BCUT2D eigenvalue weighted by Crippen LogP contribution is 2.11. The van der Waals surface area contributed by atoms with E-state index in [-0.39, 0.29) is 10.8 Å². The van der Waals surface area contributed by atoms with E-state index < -0.39 is 10.0 Å². The first kappa shape index (κ1) is 16.7. The lowest BCUT2D eigenvalue weighted by atomic mass is 10.1. The Morgan fingerprint density at radius 3 is 2.35 bits per heavy atom. The van der Waals surface area contributed by atoms with Crippen LogP contribution in [0.15, 0.2) is 29.2 Å². The van der Waals surface area contributed by atoms with Crippen LogP contribution in [0.1, 0.15) is 31.7 Å². The fraction of sp³-hybridized carbons (Fsp3) is 0.500. The smallest absolute Gasteiger partial charge is 0.238 e. The van der Waals surface area contributed by atoms with E-state index in [1.807, 2.05) is 7.05 Å². The summed E-state index contributed by atoms with van der Waals surface area (Å²) < 4.78 is 22.2. The Kier molecular flexibility index (Phi) is 6.16. The second-order valence-corrected chi connectivity index (χ2v) is 6.42. The molecule has 6 heteroatoms. The van der Waals surface area contributed by atoms with Crippen molar-refractivity contribution in [2.24, 2.45) is 5.14 Å². The number of hydrogen-bond acceptors (Lipinski definition) is 3. The normalized spacial score (nSPS) is 11.3. The Balaban J connectivity index is 2.52. The van der Waals surface area contributed by atoms with Gasteiger partial charge in [-0.1, -0.05) is 25.5 Å². The Labute approximate surface area is 120 Å². The molecule has 5 nitrogen and oxygen atoms in total. The summed E-state index contributed by atoms with van der Waals surface area (Å²) in [5, 5.41) is 5.03. The molecular weight excluding hydrogens is 276 g/mol. The van der Waals surface area contributed by atoms with Crippen LogP contribution in [0.25, 0.3) is 0 Å². The van der Waals surface area contributed by atoms with E-state index in [4.69, 9.17) is 5.14 Å². The number of nitrogens with zero attached hydrogens (tertiary/aromatic N) is 1. The van der Waals surface area contributed by atoms with Crippen molar-refractivity contribution < 1.29 is 13.2 Å². The molecule has 0 radical (unpaired) electrons. The van der Waals surface area contributed by atoms with Gasteiger partial charge in [0, 0.05) is 20.0 Å². The zero-order valence-electron chi connectivity index (χ0n) is 12.0. The van der Waals surface area contributed by atoms with Gasteiger partial charge in [0.05, 0.1) is 4.90 Å². The number of hydrogen-bond donors (Lipinski definition) is 1. The van der Waals surface area contributed by atoms with Gasteiger partial charge in [0.2, 0.25) is 15.9 Å². The molecule has 0 aliphatic heterocycles. The van der Waals surface area contributed by atoms with Gasteiger partial charge in [-0.3, -0.25) is 4.79 Å². The highest BCUT2D eigenvalue weighted by Gasteiger charge is 2.10. The highest BCUT2D eigenvalue weighted by molar-refractivity contribution is 7.89. The molecule has 1 rings (SSSR count).